The first-order valence-electron chi connectivity index (χ1n) is 14.7. The van der Waals surface area contributed by atoms with Gasteiger partial charge in [-0.15, -0.1) is 11.8 Å². The summed E-state index contributed by atoms with van der Waals surface area (Å²) in [6, 6.07) is 53.8. The van der Waals surface area contributed by atoms with E-state index < -0.39 is 0 Å². The van der Waals surface area contributed by atoms with Crippen molar-refractivity contribution in [2.24, 2.45) is 0 Å². The van der Waals surface area contributed by atoms with Crippen molar-refractivity contribution in [3.8, 4) is 67.0 Å². The van der Waals surface area contributed by atoms with E-state index in [-0.39, 0.29) is 0 Å². The zero-order valence-electron chi connectivity index (χ0n) is 24.4. The summed E-state index contributed by atoms with van der Waals surface area (Å²) >= 11 is 1.78. The standard InChI is InChI=1S/C41H30N2S/c1-44-35-27-33(38-12-4-2-10-36(38)29-16-20-31(21-17-29)40-14-6-8-24-42-40)26-34(28-35)39-13-5-3-11-37(39)30-18-22-32(23-19-30)41-15-7-9-25-43-41/h2-28H,1H3. The van der Waals surface area contributed by atoms with Crippen LogP contribution in [0, 0.1) is 0 Å². The number of rotatable bonds is 7. The molecule has 0 unspecified atom stereocenters. The highest BCUT2D eigenvalue weighted by molar-refractivity contribution is 7.98. The average Bonchev–Trinajstić information content (AvgIpc) is 3.12. The molecule has 5 aromatic carbocycles. The molecule has 0 spiro atoms. The lowest BCUT2D eigenvalue weighted by atomic mass is 9.90. The van der Waals surface area contributed by atoms with Crippen LogP contribution in [0.15, 0.2) is 169 Å². The molecule has 0 aliphatic rings. The van der Waals surface area contributed by atoms with Crippen LogP contribution in [0.2, 0.25) is 0 Å². The van der Waals surface area contributed by atoms with Crippen LogP contribution in [0.25, 0.3) is 67.0 Å². The second kappa shape index (κ2) is 12.5. The molecule has 44 heavy (non-hydrogen) atoms. The smallest absolute Gasteiger partial charge is 0.0701 e. The van der Waals surface area contributed by atoms with E-state index in [1.165, 1.54) is 49.4 Å². The molecule has 7 rings (SSSR count). The van der Waals surface area contributed by atoms with Crippen LogP contribution < -0.4 is 0 Å². The predicted molar refractivity (Wildman–Crippen MR) is 186 cm³/mol. The molecular formula is C41H30N2S. The molecule has 2 aromatic heterocycles. The molecule has 210 valence electrons. The van der Waals surface area contributed by atoms with E-state index >= 15 is 0 Å². The molecule has 0 saturated heterocycles. The normalized spacial score (nSPS) is 10.9. The summed E-state index contributed by atoms with van der Waals surface area (Å²) in [6.07, 6.45) is 5.82. The summed E-state index contributed by atoms with van der Waals surface area (Å²) < 4.78 is 0. The minimum absolute atomic E-state index is 0.981. The van der Waals surface area contributed by atoms with Gasteiger partial charge in [-0.25, -0.2) is 0 Å². The Balaban J connectivity index is 1.28. The van der Waals surface area contributed by atoms with Gasteiger partial charge in [0, 0.05) is 28.4 Å². The van der Waals surface area contributed by atoms with Crippen molar-refractivity contribution in [3.63, 3.8) is 0 Å². The van der Waals surface area contributed by atoms with E-state index in [0.29, 0.717) is 0 Å². The monoisotopic (exact) mass is 582 g/mol. The molecule has 0 fully saturated rings. The molecule has 3 heteroatoms. The summed E-state index contributed by atoms with van der Waals surface area (Å²) in [5, 5.41) is 0. The minimum Gasteiger partial charge on any atom is -0.256 e. The highest BCUT2D eigenvalue weighted by Gasteiger charge is 2.14. The maximum atomic E-state index is 4.52. The Kier molecular flexibility index (Phi) is 7.86. The highest BCUT2D eigenvalue weighted by Crippen LogP contribution is 2.40. The molecule has 2 nitrogen and oxygen atoms in total. The first-order chi connectivity index (χ1) is 21.8. The zero-order valence-corrected chi connectivity index (χ0v) is 25.2. The van der Waals surface area contributed by atoms with Crippen LogP contribution in [-0.2, 0) is 0 Å². The molecule has 0 atom stereocenters. The summed E-state index contributed by atoms with van der Waals surface area (Å²) in [5.74, 6) is 0. The molecule has 0 N–H and O–H groups in total. The number of nitrogens with zero attached hydrogens (tertiary/aromatic N) is 2. The highest BCUT2D eigenvalue weighted by atomic mass is 32.2. The Morgan fingerprint density at radius 1 is 0.364 bits per heavy atom. The van der Waals surface area contributed by atoms with Gasteiger partial charge in [0.1, 0.15) is 0 Å². The van der Waals surface area contributed by atoms with Gasteiger partial charge in [-0.3, -0.25) is 9.97 Å². The summed E-state index contributed by atoms with van der Waals surface area (Å²) in [7, 11) is 0. The van der Waals surface area contributed by atoms with Gasteiger partial charge >= 0.3 is 0 Å². The number of benzene rings is 5. The fourth-order valence-electron chi connectivity index (χ4n) is 5.71. The molecule has 0 aliphatic heterocycles. The Morgan fingerprint density at radius 2 is 0.727 bits per heavy atom. The average molecular weight is 583 g/mol. The van der Waals surface area contributed by atoms with E-state index in [1.807, 2.05) is 48.8 Å². The van der Waals surface area contributed by atoms with Gasteiger partial charge in [-0.05, 0) is 93.2 Å². The van der Waals surface area contributed by atoms with Gasteiger partial charge in [0.05, 0.1) is 11.4 Å². The Morgan fingerprint density at radius 3 is 1.09 bits per heavy atom. The van der Waals surface area contributed by atoms with Crippen LogP contribution >= 0.6 is 11.8 Å². The first kappa shape index (κ1) is 27.6. The van der Waals surface area contributed by atoms with Gasteiger partial charge in [-0.1, -0.05) is 109 Å². The number of hydrogen-bond acceptors (Lipinski definition) is 3. The first-order valence-corrected chi connectivity index (χ1v) is 15.9. The lowest BCUT2D eigenvalue weighted by molar-refractivity contribution is 1.33. The van der Waals surface area contributed by atoms with Crippen molar-refractivity contribution in [1.29, 1.82) is 0 Å². The van der Waals surface area contributed by atoms with Gasteiger partial charge in [0.25, 0.3) is 0 Å². The Bertz CT molecular complexity index is 1870. The number of hydrogen-bond donors (Lipinski definition) is 0. The van der Waals surface area contributed by atoms with Gasteiger partial charge in [0.15, 0.2) is 0 Å². The summed E-state index contributed by atoms with van der Waals surface area (Å²) in [4.78, 5) is 10.3. The van der Waals surface area contributed by atoms with Crippen LogP contribution in [0.3, 0.4) is 0 Å². The fourth-order valence-corrected chi connectivity index (χ4v) is 6.20. The maximum absolute atomic E-state index is 4.52. The molecular weight excluding hydrogens is 553 g/mol. The second-order valence-corrected chi connectivity index (χ2v) is 11.5. The van der Waals surface area contributed by atoms with Crippen molar-refractivity contribution >= 4 is 11.8 Å². The zero-order chi connectivity index (χ0) is 29.7. The minimum atomic E-state index is 0.981. The van der Waals surface area contributed by atoms with Gasteiger partial charge in [-0.2, -0.15) is 0 Å². The largest absolute Gasteiger partial charge is 0.256 e. The third-order valence-corrected chi connectivity index (χ3v) is 8.64. The van der Waals surface area contributed by atoms with Gasteiger partial charge < -0.3 is 0 Å². The molecule has 2 heterocycles. The van der Waals surface area contributed by atoms with E-state index in [9.17, 15) is 0 Å². The Hall–Kier alpha value is -5.25. The predicted octanol–water partition coefficient (Wildman–Crippen LogP) is 11.2. The van der Waals surface area contributed by atoms with E-state index in [4.69, 9.17) is 0 Å². The molecule has 0 saturated carbocycles. The Labute approximate surface area is 263 Å². The van der Waals surface area contributed by atoms with Gasteiger partial charge in [0.2, 0.25) is 0 Å². The quantitative estimate of drug-likeness (QED) is 0.175. The molecule has 0 amide bonds. The van der Waals surface area contributed by atoms with Crippen LogP contribution in [0.1, 0.15) is 0 Å². The van der Waals surface area contributed by atoms with Crippen LogP contribution in [0.4, 0.5) is 0 Å². The summed E-state index contributed by atoms with van der Waals surface area (Å²) in [6.45, 7) is 0. The third kappa shape index (κ3) is 5.70. The molecule has 0 bridgehead atoms. The number of pyridine rings is 2. The maximum Gasteiger partial charge on any atom is 0.0701 e. The summed E-state index contributed by atoms with van der Waals surface area (Å²) in [5.41, 5.74) is 13.8. The topological polar surface area (TPSA) is 25.8 Å². The fraction of sp³-hybridized carbons (Fsp3) is 0.0244. The lowest BCUT2D eigenvalue weighted by Gasteiger charge is -2.16. The molecule has 0 radical (unpaired) electrons. The van der Waals surface area contributed by atoms with E-state index in [0.717, 1.165) is 22.5 Å². The van der Waals surface area contributed by atoms with Crippen LogP contribution in [0.5, 0.6) is 0 Å². The van der Waals surface area contributed by atoms with E-state index in [1.54, 1.807) is 11.8 Å². The SMILES string of the molecule is CSc1cc(-c2ccccc2-c2ccc(-c3ccccn3)cc2)cc(-c2ccccc2-c2ccc(-c3ccccn3)cc2)c1. The van der Waals surface area contributed by atoms with Crippen molar-refractivity contribution in [2.45, 2.75) is 4.90 Å². The van der Waals surface area contributed by atoms with Crippen molar-refractivity contribution < 1.29 is 0 Å². The number of aromatic nitrogens is 2. The van der Waals surface area contributed by atoms with E-state index in [2.05, 4.69) is 131 Å². The number of thioether (sulfide) groups is 1. The van der Waals surface area contributed by atoms with Crippen LogP contribution in [-0.4, -0.2) is 16.2 Å². The molecule has 7 aromatic rings. The lowest BCUT2D eigenvalue weighted by Crippen LogP contribution is -1.90. The third-order valence-electron chi connectivity index (χ3n) is 7.93. The molecule has 0 aliphatic carbocycles. The van der Waals surface area contributed by atoms with Crippen molar-refractivity contribution in [3.05, 3.63) is 164 Å². The van der Waals surface area contributed by atoms with Crippen molar-refractivity contribution in [2.75, 3.05) is 6.26 Å². The second-order valence-electron chi connectivity index (χ2n) is 10.6. The van der Waals surface area contributed by atoms with Crippen molar-refractivity contribution in [1.82, 2.24) is 9.97 Å².